The molecule has 112 valence electrons. The minimum absolute atomic E-state index is 0.0982. The summed E-state index contributed by atoms with van der Waals surface area (Å²) in [5.74, 6) is -0.482. The quantitative estimate of drug-likeness (QED) is 0.819. The van der Waals surface area contributed by atoms with Crippen molar-refractivity contribution in [1.29, 1.82) is 0 Å². The van der Waals surface area contributed by atoms with Crippen LogP contribution in [0.4, 0.5) is 0 Å². The van der Waals surface area contributed by atoms with Crippen LogP contribution in [0.15, 0.2) is 34.3 Å². The van der Waals surface area contributed by atoms with E-state index in [1.54, 1.807) is 23.7 Å². The van der Waals surface area contributed by atoms with Gasteiger partial charge in [-0.3, -0.25) is 4.79 Å². The second kappa shape index (κ2) is 5.86. The van der Waals surface area contributed by atoms with Crippen molar-refractivity contribution in [1.82, 2.24) is 14.8 Å². The van der Waals surface area contributed by atoms with Gasteiger partial charge in [-0.1, -0.05) is 11.8 Å². The highest BCUT2D eigenvalue weighted by molar-refractivity contribution is 7.99. The molecule has 1 aromatic carbocycles. The number of hydrogen-bond acceptors (Lipinski definition) is 6. The molecule has 1 aromatic heterocycles. The van der Waals surface area contributed by atoms with Gasteiger partial charge in [-0.15, -0.1) is 10.2 Å². The van der Waals surface area contributed by atoms with Crippen LogP contribution in [-0.4, -0.2) is 46.3 Å². The average Bonchev–Trinajstić information content (AvgIpc) is 2.77. The van der Waals surface area contributed by atoms with Crippen molar-refractivity contribution in [2.75, 3.05) is 12.0 Å². The molecule has 1 N–H and O–H groups in total. The van der Waals surface area contributed by atoms with E-state index in [-0.39, 0.29) is 10.6 Å². The predicted molar refractivity (Wildman–Crippen MR) is 77.9 cm³/mol. The van der Waals surface area contributed by atoms with Crippen LogP contribution in [0.2, 0.25) is 0 Å². The first-order valence-electron chi connectivity index (χ1n) is 5.83. The molecule has 0 aliphatic heterocycles. The normalized spacial score (nSPS) is 11.5. The first kappa shape index (κ1) is 15.5. The highest BCUT2D eigenvalue weighted by Crippen LogP contribution is 2.23. The van der Waals surface area contributed by atoms with E-state index in [1.165, 1.54) is 12.1 Å². The number of benzene rings is 1. The topological polar surface area (TPSA) is 102 Å². The zero-order chi connectivity index (χ0) is 15.6. The van der Waals surface area contributed by atoms with Gasteiger partial charge >= 0.3 is 5.97 Å². The Balaban J connectivity index is 2.29. The number of thioether (sulfide) groups is 1. The van der Waals surface area contributed by atoms with Gasteiger partial charge in [0, 0.05) is 18.9 Å². The number of rotatable bonds is 5. The molecule has 0 fully saturated rings. The monoisotopic (exact) mass is 327 g/mol. The summed E-state index contributed by atoms with van der Waals surface area (Å²) in [5, 5.41) is 17.1. The molecule has 9 heteroatoms. The van der Waals surface area contributed by atoms with E-state index < -0.39 is 15.8 Å². The van der Waals surface area contributed by atoms with Crippen LogP contribution < -0.4 is 0 Å². The minimum atomic E-state index is -3.24. The Morgan fingerprint density at radius 2 is 1.90 bits per heavy atom. The van der Waals surface area contributed by atoms with Crippen molar-refractivity contribution in [3.8, 4) is 11.4 Å². The van der Waals surface area contributed by atoms with E-state index in [2.05, 4.69) is 10.2 Å². The van der Waals surface area contributed by atoms with Gasteiger partial charge in [-0.25, -0.2) is 8.42 Å². The van der Waals surface area contributed by atoms with E-state index in [0.717, 1.165) is 18.0 Å². The molecule has 1 heterocycles. The summed E-state index contributed by atoms with van der Waals surface area (Å²) in [6.07, 6.45) is 1.14. The lowest BCUT2D eigenvalue weighted by atomic mass is 10.2. The van der Waals surface area contributed by atoms with Gasteiger partial charge in [-0.05, 0) is 24.3 Å². The van der Waals surface area contributed by atoms with Crippen molar-refractivity contribution < 1.29 is 18.3 Å². The molecule has 2 aromatic rings. The molecule has 0 atom stereocenters. The van der Waals surface area contributed by atoms with Crippen LogP contribution >= 0.6 is 11.8 Å². The summed E-state index contributed by atoms with van der Waals surface area (Å²) in [4.78, 5) is 10.8. The number of carboxylic acid groups (broad SMARTS) is 1. The smallest absolute Gasteiger partial charge is 0.313 e. The van der Waals surface area contributed by atoms with Gasteiger partial charge in [0.25, 0.3) is 0 Å². The summed E-state index contributed by atoms with van der Waals surface area (Å²) >= 11 is 1.07. The summed E-state index contributed by atoms with van der Waals surface area (Å²) < 4.78 is 24.5. The Morgan fingerprint density at radius 3 is 2.43 bits per heavy atom. The number of nitrogens with zero attached hydrogens (tertiary/aromatic N) is 3. The standard InChI is InChI=1S/C12H13N3O4S2/c1-15-11(13-14-12(15)20-7-10(16)17)8-3-5-9(6-4-8)21(2,18)19/h3-6H,7H2,1-2H3,(H,16,17). The van der Waals surface area contributed by atoms with E-state index in [1.807, 2.05) is 0 Å². The molecular weight excluding hydrogens is 314 g/mol. The maximum absolute atomic E-state index is 11.4. The Labute approximate surface area is 125 Å². The fraction of sp³-hybridized carbons (Fsp3) is 0.250. The molecule has 0 radical (unpaired) electrons. The van der Waals surface area contributed by atoms with E-state index >= 15 is 0 Å². The summed E-state index contributed by atoms with van der Waals surface area (Å²) in [5.41, 5.74) is 0.708. The lowest BCUT2D eigenvalue weighted by Gasteiger charge is -2.04. The van der Waals surface area contributed by atoms with Gasteiger partial charge in [0.1, 0.15) is 0 Å². The van der Waals surface area contributed by atoms with Crippen LogP contribution in [0, 0.1) is 0 Å². The number of carboxylic acids is 1. The van der Waals surface area contributed by atoms with Crippen molar-refractivity contribution in [3.63, 3.8) is 0 Å². The third kappa shape index (κ3) is 3.61. The summed E-state index contributed by atoms with van der Waals surface area (Å²) in [6, 6.07) is 6.30. The van der Waals surface area contributed by atoms with Gasteiger partial charge in [0.2, 0.25) is 0 Å². The molecule has 0 bridgehead atoms. The fourth-order valence-electron chi connectivity index (χ4n) is 1.67. The Hall–Kier alpha value is -1.87. The summed E-state index contributed by atoms with van der Waals surface area (Å²) in [7, 11) is -1.51. The largest absolute Gasteiger partial charge is 0.481 e. The second-order valence-corrected chi connectivity index (χ2v) is 7.30. The lowest BCUT2D eigenvalue weighted by molar-refractivity contribution is -0.133. The molecule has 7 nitrogen and oxygen atoms in total. The van der Waals surface area contributed by atoms with Crippen molar-refractivity contribution in [2.24, 2.45) is 7.05 Å². The number of aliphatic carboxylic acids is 1. The van der Waals surface area contributed by atoms with Crippen molar-refractivity contribution in [2.45, 2.75) is 10.1 Å². The number of hydrogen-bond donors (Lipinski definition) is 1. The Kier molecular flexibility index (Phi) is 4.33. The second-order valence-electron chi connectivity index (χ2n) is 4.34. The van der Waals surface area contributed by atoms with Gasteiger partial charge in [0.15, 0.2) is 20.8 Å². The van der Waals surface area contributed by atoms with Crippen molar-refractivity contribution in [3.05, 3.63) is 24.3 Å². The third-order valence-corrected chi connectivity index (χ3v) is 4.83. The molecule has 0 aliphatic rings. The molecule has 0 spiro atoms. The van der Waals surface area contributed by atoms with Gasteiger partial charge in [-0.2, -0.15) is 0 Å². The maximum atomic E-state index is 11.4. The van der Waals surface area contributed by atoms with E-state index in [4.69, 9.17) is 5.11 Å². The molecular formula is C12H13N3O4S2. The molecule has 0 aliphatic carbocycles. The minimum Gasteiger partial charge on any atom is -0.481 e. The first-order chi connectivity index (χ1) is 9.79. The molecule has 21 heavy (non-hydrogen) atoms. The Bertz CT molecular complexity index is 766. The van der Waals surface area contributed by atoms with Crippen LogP contribution in [0.25, 0.3) is 11.4 Å². The van der Waals surface area contributed by atoms with Crippen molar-refractivity contribution >= 4 is 27.6 Å². The fourth-order valence-corrected chi connectivity index (χ4v) is 2.93. The third-order valence-electron chi connectivity index (χ3n) is 2.70. The zero-order valence-corrected chi connectivity index (χ0v) is 13.0. The van der Waals surface area contributed by atoms with Gasteiger partial charge < -0.3 is 9.67 Å². The SMILES string of the molecule is Cn1c(SCC(=O)O)nnc1-c1ccc(S(C)(=O)=O)cc1. The lowest BCUT2D eigenvalue weighted by Crippen LogP contribution is -2.01. The van der Waals surface area contributed by atoms with E-state index in [0.29, 0.717) is 16.5 Å². The van der Waals surface area contributed by atoms with Gasteiger partial charge in [0.05, 0.1) is 10.6 Å². The average molecular weight is 327 g/mol. The molecule has 0 unspecified atom stereocenters. The number of sulfone groups is 1. The summed E-state index contributed by atoms with van der Waals surface area (Å²) in [6.45, 7) is 0. The van der Waals surface area contributed by atoms with Crippen LogP contribution in [0.5, 0.6) is 0 Å². The molecule has 0 saturated carbocycles. The zero-order valence-electron chi connectivity index (χ0n) is 11.3. The number of aromatic nitrogens is 3. The van der Waals surface area contributed by atoms with E-state index in [9.17, 15) is 13.2 Å². The van der Waals surface area contributed by atoms with Crippen LogP contribution in [0.1, 0.15) is 0 Å². The molecule has 0 amide bonds. The van der Waals surface area contributed by atoms with Crippen LogP contribution in [-0.2, 0) is 21.7 Å². The predicted octanol–water partition coefficient (Wildman–Crippen LogP) is 1.06. The highest BCUT2D eigenvalue weighted by atomic mass is 32.2. The van der Waals surface area contributed by atoms with Crippen LogP contribution in [0.3, 0.4) is 0 Å². The molecule has 2 rings (SSSR count). The molecule has 0 saturated heterocycles. The maximum Gasteiger partial charge on any atom is 0.313 e. The Morgan fingerprint density at radius 1 is 1.29 bits per heavy atom. The number of carbonyl (C=O) groups is 1. The highest BCUT2D eigenvalue weighted by Gasteiger charge is 2.13. The first-order valence-corrected chi connectivity index (χ1v) is 8.71.